The Balaban J connectivity index is 2.23. The molecule has 0 aliphatic rings. The highest BCUT2D eigenvalue weighted by atomic mass is 35.5. The number of nitrogens with zero attached hydrogens (tertiary/aromatic N) is 3. The normalized spacial score (nSPS) is 10.9. The van der Waals surface area contributed by atoms with Gasteiger partial charge in [0.05, 0.1) is 19.2 Å². The summed E-state index contributed by atoms with van der Waals surface area (Å²) in [5.74, 6) is 1.97. The average molecular weight is 318 g/mol. The molecule has 0 radical (unpaired) electrons. The van der Waals surface area contributed by atoms with E-state index < -0.39 is 0 Å². The van der Waals surface area contributed by atoms with Gasteiger partial charge in [0.1, 0.15) is 16.5 Å². The smallest absolute Gasteiger partial charge is 0.157 e. The monoisotopic (exact) mass is 317 g/mol. The van der Waals surface area contributed by atoms with E-state index >= 15 is 0 Å². The largest absolute Gasteiger partial charge is 0.495 e. The minimum atomic E-state index is 0.468. The lowest BCUT2D eigenvalue weighted by atomic mass is 10.2. The zero-order valence-corrected chi connectivity index (χ0v) is 13.2. The Labute approximate surface area is 133 Å². The van der Waals surface area contributed by atoms with Crippen molar-refractivity contribution in [3.05, 3.63) is 41.7 Å². The van der Waals surface area contributed by atoms with E-state index in [0.29, 0.717) is 28.7 Å². The third-order valence-electron chi connectivity index (χ3n) is 3.25. The van der Waals surface area contributed by atoms with Gasteiger partial charge in [-0.15, -0.1) is 0 Å². The zero-order valence-electron chi connectivity index (χ0n) is 12.4. The quantitative estimate of drug-likeness (QED) is 0.716. The van der Waals surface area contributed by atoms with Gasteiger partial charge in [-0.25, -0.2) is 9.67 Å². The van der Waals surface area contributed by atoms with Crippen LogP contribution in [0.3, 0.4) is 0 Å². The van der Waals surface area contributed by atoms with Gasteiger partial charge in [-0.2, -0.15) is 5.10 Å². The van der Waals surface area contributed by atoms with Crippen molar-refractivity contribution >= 4 is 22.5 Å². The Bertz CT molecular complexity index is 788. The van der Waals surface area contributed by atoms with Gasteiger partial charge in [-0.05, 0) is 24.6 Å². The van der Waals surface area contributed by atoms with E-state index in [1.165, 1.54) is 0 Å². The molecule has 22 heavy (non-hydrogen) atoms. The second kappa shape index (κ2) is 6.23. The number of aromatic nitrogens is 3. The molecular weight excluding hydrogens is 302 g/mol. The van der Waals surface area contributed by atoms with Crippen LogP contribution in [0.25, 0.3) is 16.7 Å². The van der Waals surface area contributed by atoms with E-state index in [1.807, 2.05) is 30.5 Å². The molecule has 3 aromatic rings. The number of halogens is 1. The molecule has 3 rings (SSSR count). The van der Waals surface area contributed by atoms with Crippen LogP contribution in [0.1, 0.15) is 13.3 Å². The first-order chi connectivity index (χ1) is 10.7. The highest BCUT2D eigenvalue weighted by molar-refractivity contribution is 6.36. The number of methoxy groups -OCH3 is 1. The lowest BCUT2D eigenvalue weighted by Gasteiger charge is -2.13. The predicted molar refractivity (Wildman–Crippen MR) is 86.2 cm³/mol. The van der Waals surface area contributed by atoms with E-state index in [4.69, 9.17) is 21.1 Å². The van der Waals surface area contributed by atoms with Crippen LogP contribution in [0.15, 0.2) is 36.7 Å². The average Bonchev–Trinajstić information content (AvgIpc) is 3.07. The lowest BCUT2D eigenvalue weighted by Crippen LogP contribution is -2.02. The second-order valence-electron chi connectivity index (χ2n) is 4.76. The fourth-order valence-electron chi connectivity index (χ4n) is 2.21. The number of pyridine rings is 1. The van der Waals surface area contributed by atoms with Crippen molar-refractivity contribution < 1.29 is 9.47 Å². The summed E-state index contributed by atoms with van der Waals surface area (Å²) in [6.45, 7) is 2.69. The minimum Gasteiger partial charge on any atom is -0.495 e. The molecule has 0 aliphatic heterocycles. The van der Waals surface area contributed by atoms with Gasteiger partial charge in [0.25, 0.3) is 0 Å². The van der Waals surface area contributed by atoms with Gasteiger partial charge in [0.2, 0.25) is 0 Å². The van der Waals surface area contributed by atoms with E-state index in [0.717, 1.165) is 17.6 Å². The van der Waals surface area contributed by atoms with E-state index in [2.05, 4.69) is 17.0 Å². The number of fused-ring (bicyclic) bond motifs is 1. The van der Waals surface area contributed by atoms with Crippen molar-refractivity contribution in [2.24, 2.45) is 0 Å². The molecule has 0 atom stereocenters. The molecule has 0 saturated heterocycles. The number of hydrogen-bond donors (Lipinski definition) is 0. The van der Waals surface area contributed by atoms with Gasteiger partial charge in [-0.1, -0.05) is 18.5 Å². The first kappa shape index (κ1) is 14.7. The molecule has 0 amide bonds. The maximum atomic E-state index is 6.41. The maximum absolute atomic E-state index is 6.41. The Morgan fingerprint density at radius 1 is 1.27 bits per heavy atom. The summed E-state index contributed by atoms with van der Waals surface area (Å²) in [6, 6.07) is 7.43. The Morgan fingerprint density at radius 3 is 2.82 bits per heavy atom. The highest BCUT2D eigenvalue weighted by Gasteiger charge is 2.14. The van der Waals surface area contributed by atoms with Crippen LogP contribution in [0.5, 0.6) is 11.5 Å². The molecule has 0 unspecified atom stereocenters. The van der Waals surface area contributed by atoms with Crippen molar-refractivity contribution in [2.75, 3.05) is 13.7 Å². The fraction of sp³-hybridized carbons (Fsp3) is 0.250. The molecule has 6 heteroatoms. The van der Waals surface area contributed by atoms with Crippen molar-refractivity contribution in [2.45, 2.75) is 13.3 Å². The first-order valence-electron chi connectivity index (χ1n) is 7.04. The summed E-state index contributed by atoms with van der Waals surface area (Å²) < 4.78 is 12.8. The lowest BCUT2D eigenvalue weighted by molar-refractivity contribution is 0.321. The van der Waals surface area contributed by atoms with Gasteiger partial charge >= 0.3 is 0 Å². The van der Waals surface area contributed by atoms with Gasteiger partial charge in [-0.3, -0.25) is 0 Å². The molecule has 0 N–H and O–H groups in total. The molecule has 2 aromatic heterocycles. The molecule has 1 aromatic carbocycles. The third-order valence-corrected chi connectivity index (χ3v) is 3.62. The first-order valence-corrected chi connectivity index (χ1v) is 7.42. The van der Waals surface area contributed by atoms with Crippen LogP contribution in [0.2, 0.25) is 5.02 Å². The van der Waals surface area contributed by atoms with Crippen LogP contribution in [-0.4, -0.2) is 28.5 Å². The molecular formula is C16H16ClN3O2. The number of ether oxygens (including phenoxy) is 2. The Kier molecular flexibility index (Phi) is 4.15. The summed E-state index contributed by atoms with van der Waals surface area (Å²) in [5, 5.41) is 5.54. The zero-order chi connectivity index (χ0) is 15.5. The summed E-state index contributed by atoms with van der Waals surface area (Å²) in [4.78, 5) is 4.60. The Morgan fingerprint density at radius 2 is 2.14 bits per heavy atom. The predicted octanol–water partition coefficient (Wildman–Crippen LogP) is 3.87. The van der Waals surface area contributed by atoms with Crippen LogP contribution < -0.4 is 9.47 Å². The fourth-order valence-corrected chi connectivity index (χ4v) is 2.49. The standard InChI is InChI=1S/C16H16ClN3O2/c1-3-9-22-13-10-14(20-8-4-7-18-20)19-16-11(13)5-6-12(21-2)15(16)17/h4-8,10H,3,9H2,1-2H3. The van der Waals surface area contributed by atoms with Crippen molar-refractivity contribution in [1.29, 1.82) is 0 Å². The third kappa shape index (κ3) is 2.60. The number of rotatable bonds is 5. The summed E-state index contributed by atoms with van der Waals surface area (Å²) in [5.41, 5.74) is 0.639. The van der Waals surface area contributed by atoms with Crippen LogP contribution in [-0.2, 0) is 0 Å². The molecule has 2 heterocycles. The maximum Gasteiger partial charge on any atom is 0.157 e. The van der Waals surface area contributed by atoms with Gasteiger partial charge < -0.3 is 9.47 Å². The van der Waals surface area contributed by atoms with Crippen LogP contribution in [0.4, 0.5) is 0 Å². The van der Waals surface area contributed by atoms with Crippen molar-refractivity contribution in [3.63, 3.8) is 0 Å². The van der Waals surface area contributed by atoms with Crippen molar-refractivity contribution in [3.8, 4) is 17.3 Å². The van der Waals surface area contributed by atoms with E-state index in [1.54, 1.807) is 18.0 Å². The molecule has 5 nitrogen and oxygen atoms in total. The summed E-state index contributed by atoms with van der Waals surface area (Å²) in [6.07, 6.45) is 4.45. The Hall–Kier alpha value is -2.27. The summed E-state index contributed by atoms with van der Waals surface area (Å²) >= 11 is 6.41. The van der Waals surface area contributed by atoms with Gasteiger partial charge in [0, 0.05) is 23.8 Å². The second-order valence-corrected chi connectivity index (χ2v) is 5.13. The molecule has 0 fully saturated rings. The van der Waals surface area contributed by atoms with E-state index in [-0.39, 0.29) is 0 Å². The molecule has 0 aliphatic carbocycles. The minimum absolute atomic E-state index is 0.468. The molecule has 0 spiro atoms. The van der Waals surface area contributed by atoms with Gasteiger partial charge in [0.15, 0.2) is 5.82 Å². The highest BCUT2D eigenvalue weighted by Crippen LogP contribution is 2.36. The van der Waals surface area contributed by atoms with Crippen LogP contribution in [0, 0.1) is 0 Å². The number of hydrogen-bond acceptors (Lipinski definition) is 4. The molecule has 0 bridgehead atoms. The van der Waals surface area contributed by atoms with Crippen molar-refractivity contribution in [1.82, 2.24) is 14.8 Å². The number of benzene rings is 1. The SMILES string of the molecule is CCCOc1cc(-n2cccn2)nc2c(Cl)c(OC)ccc12. The van der Waals surface area contributed by atoms with Crippen LogP contribution >= 0.6 is 11.6 Å². The molecule has 0 saturated carbocycles. The topological polar surface area (TPSA) is 49.2 Å². The molecule has 114 valence electrons. The summed E-state index contributed by atoms with van der Waals surface area (Å²) in [7, 11) is 1.58. The van der Waals surface area contributed by atoms with E-state index in [9.17, 15) is 0 Å².